The summed E-state index contributed by atoms with van der Waals surface area (Å²) in [5.74, 6) is 0. The van der Waals surface area contributed by atoms with Crippen molar-refractivity contribution in [2.45, 2.75) is 0 Å². The van der Waals surface area contributed by atoms with Crippen LogP contribution in [0.3, 0.4) is 0 Å². The molecule has 0 aliphatic carbocycles. The molecular weight excluding hydrogens is 288 g/mol. The van der Waals surface area contributed by atoms with E-state index in [4.69, 9.17) is 17.5 Å². The second-order valence-corrected chi connectivity index (χ2v) is 1.34. The zero-order chi connectivity index (χ0) is 4.50. The van der Waals surface area contributed by atoms with Crippen molar-refractivity contribution in [2.24, 2.45) is 0 Å². The van der Waals surface area contributed by atoms with Crippen molar-refractivity contribution in [3.8, 4) is 0 Å². The molecule has 0 bridgehead atoms. The van der Waals surface area contributed by atoms with Gasteiger partial charge in [-0.1, -0.05) is 0 Å². The normalized spacial score (nSPS) is 3.87. The molecule has 13 nitrogen and oxygen atoms in total. The molecule has 0 unspecified atom stereocenters. The van der Waals surface area contributed by atoms with Gasteiger partial charge in [0.05, 0.1) is 0 Å². The van der Waals surface area contributed by atoms with E-state index in [-0.39, 0.29) is 71.0 Å². The first-order valence-corrected chi connectivity index (χ1v) is 2.10. The first kappa shape index (κ1) is 173. The molecule has 0 aromatic rings. The second-order valence-electron chi connectivity index (χ2n) is 0.448. The van der Waals surface area contributed by atoms with Crippen LogP contribution in [0, 0.1) is 0 Å². The summed E-state index contributed by atoms with van der Waals surface area (Å²) in [4.78, 5) is 0. The third-order valence-electron chi connectivity index (χ3n) is 0. The largest absolute Gasteiger partial charge is 0.412 e. The van der Waals surface area contributed by atoms with Gasteiger partial charge in [0.2, 0.25) is 0 Å². The first-order valence-electron chi connectivity index (χ1n) is 0.698. The molecule has 108 valence electrons. The Labute approximate surface area is 99.3 Å². The van der Waals surface area contributed by atoms with Crippen LogP contribution in [-0.2, 0) is 32.1 Å². The summed E-state index contributed by atoms with van der Waals surface area (Å²) in [5.41, 5.74) is 0. The fraction of sp³-hybridized carbons (Fsp3) is 0. The van der Waals surface area contributed by atoms with E-state index in [0.29, 0.717) is 0 Å². The maximum absolute atomic E-state index is 8.74. The van der Waals surface area contributed by atoms with Crippen LogP contribution >= 0.6 is 0 Å². The monoisotopic (exact) mass is 308 g/mol. The molecule has 0 saturated heterocycles. The topological polar surface area (TPSA) is 358 Å². The summed E-state index contributed by atoms with van der Waals surface area (Å²) in [5, 5.41) is 0. The zero-order valence-electron chi connectivity index (χ0n) is 7.12. The molecule has 0 spiro atoms. The summed E-state index contributed by atoms with van der Waals surface area (Å²) < 4.78 is 31.6. The van der Waals surface area contributed by atoms with Crippen LogP contribution in [0.1, 0.15) is 0 Å². The Balaban J connectivity index is -0.00000000178. The minimum Gasteiger partial charge on any atom is -0.412 e. The summed E-state index contributed by atoms with van der Waals surface area (Å²) in [6.07, 6.45) is 0. The van der Waals surface area contributed by atoms with Crippen LogP contribution in [0.2, 0.25) is 0 Å². The summed E-state index contributed by atoms with van der Waals surface area (Å²) >= 11 is 0. The molecule has 0 amide bonds. The van der Waals surface area contributed by atoms with Gasteiger partial charge in [-0.05, 0) is 0 Å². The predicted molar refractivity (Wildman–Crippen MR) is 46.7 cm³/mol. The Bertz CT molecular complexity index is 93.7. The minimum absolute atomic E-state index is 0. The van der Waals surface area contributed by atoms with Crippen LogP contribution in [0.4, 0.5) is 0 Å². The molecule has 0 saturated carbocycles. The van der Waals surface area contributed by atoms with E-state index in [2.05, 4.69) is 0 Å². The van der Waals surface area contributed by atoms with E-state index in [1.54, 1.807) is 0 Å². The molecule has 0 aromatic heterocycles. The van der Waals surface area contributed by atoms with E-state index in [1.807, 2.05) is 0 Å². The van der Waals surface area contributed by atoms with Crippen molar-refractivity contribution in [1.82, 2.24) is 0 Å². The van der Waals surface area contributed by atoms with Gasteiger partial charge >= 0.3 is 10.4 Å². The van der Waals surface area contributed by atoms with Crippen LogP contribution < -0.4 is 0 Å². The average Bonchev–Trinajstić information content (AvgIpc) is 0.722. The third-order valence-corrected chi connectivity index (χ3v) is 0. The van der Waals surface area contributed by atoms with Crippen molar-refractivity contribution in [3.63, 3.8) is 0 Å². The Morgan fingerprint density at radius 1 is 0.533 bits per heavy atom. The van der Waals surface area contributed by atoms with E-state index in [0.717, 1.165) is 0 Å². The van der Waals surface area contributed by atoms with Gasteiger partial charge in [-0.15, -0.1) is 0 Å². The fourth-order valence-electron chi connectivity index (χ4n) is 0. The minimum atomic E-state index is -4.67. The molecule has 15 heteroatoms. The van der Waals surface area contributed by atoms with Gasteiger partial charge in [0.25, 0.3) is 0 Å². The molecule has 0 atom stereocenters. The Kier molecular flexibility index (Phi) is 739. The second kappa shape index (κ2) is 64.2. The quantitative estimate of drug-likeness (QED) is 0.324. The van der Waals surface area contributed by atoms with Crippen molar-refractivity contribution >= 4 is 10.4 Å². The van der Waals surface area contributed by atoms with Gasteiger partial charge in [-0.25, -0.2) is 0 Å². The summed E-state index contributed by atoms with van der Waals surface area (Å²) in [6, 6.07) is 0. The van der Waals surface area contributed by atoms with Crippen LogP contribution in [0.5, 0.6) is 0 Å². The molecule has 0 aliphatic rings. The average molecular weight is 308 g/mol. The Morgan fingerprint density at radius 3 is 0.533 bits per heavy atom. The van der Waals surface area contributed by atoms with E-state index >= 15 is 0 Å². The van der Waals surface area contributed by atoms with Crippen molar-refractivity contribution < 1.29 is 88.5 Å². The first-order chi connectivity index (χ1) is 2.00. The molecule has 0 heterocycles. The number of hydrogen-bond acceptors (Lipinski definition) is 2. The maximum atomic E-state index is 8.74. The molecule has 0 radical (unpaired) electrons. The van der Waals surface area contributed by atoms with Gasteiger partial charge in [0.15, 0.2) is 0 Å². The summed E-state index contributed by atoms with van der Waals surface area (Å²) in [7, 11) is -4.67. The molecule has 0 aromatic carbocycles. The van der Waals surface area contributed by atoms with Gasteiger partial charge < -0.3 is 49.3 Å². The molecule has 0 fully saturated rings. The molecule has 20 N–H and O–H groups in total. The van der Waals surface area contributed by atoms with Gasteiger partial charge in [-0.2, -0.15) is 8.42 Å². The van der Waals surface area contributed by atoms with Crippen molar-refractivity contribution in [3.05, 3.63) is 0 Å². The molecule has 0 aliphatic heterocycles. The Hall–Kier alpha value is 0.224. The summed E-state index contributed by atoms with van der Waals surface area (Å²) in [6.45, 7) is 0. The van der Waals surface area contributed by atoms with Crippen LogP contribution in [0.15, 0.2) is 0 Å². The predicted octanol–water partition coefficient (Wildman–Crippen LogP) is -8.08. The van der Waals surface area contributed by atoms with Crippen LogP contribution in [0.25, 0.3) is 0 Å². The van der Waals surface area contributed by atoms with E-state index in [1.165, 1.54) is 0 Å². The van der Waals surface area contributed by atoms with Crippen molar-refractivity contribution in [2.75, 3.05) is 0 Å². The molecule has 15 heavy (non-hydrogen) atoms. The van der Waals surface area contributed by atoms with Crippen molar-refractivity contribution in [1.29, 1.82) is 0 Å². The maximum Gasteiger partial charge on any atom is 0.394 e. The third kappa shape index (κ3) is 42300. The van der Waals surface area contributed by atoms with Gasteiger partial charge in [-0.3, -0.25) is 9.11 Å². The SMILES string of the molecule is O.O.O.O.O.O.O.O.O.O=S(=O)(O)O.[Ti]. The number of rotatable bonds is 0. The zero-order valence-corrected chi connectivity index (χ0v) is 9.50. The van der Waals surface area contributed by atoms with E-state index < -0.39 is 10.4 Å². The van der Waals surface area contributed by atoms with Gasteiger partial charge in [0.1, 0.15) is 0 Å². The smallest absolute Gasteiger partial charge is 0.394 e. The Morgan fingerprint density at radius 2 is 0.533 bits per heavy atom. The van der Waals surface area contributed by atoms with E-state index in [9.17, 15) is 0 Å². The molecular formula is H20O13STi. The molecule has 0 rings (SSSR count). The standard InChI is InChI=1S/H2O4S.9H2O.Ti/c1-5(2,3)4;;;;;;;;;;/h(H2,1,2,3,4);9*1H2;. The number of hydrogen-bond donors (Lipinski definition) is 2. The van der Waals surface area contributed by atoms with Gasteiger partial charge in [0, 0.05) is 21.7 Å². The fourth-order valence-corrected chi connectivity index (χ4v) is 0. The van der Waals surface area contributed by atoms with Crippen LogP contribution in [-0.4, -0.2) is 66.8 Å².